The molecule has 0 N–H and O–H groups in total. The molecule has 114 valence electrons. The third kappa shape index (κ3) is 2.74. The quantitative estimate of drug-likeness (QED) is 0.843. The molecule has 0 unspecified atom stereocenters. The molecule has 0 spiro atoms. The summed E-state index contributed by atoms with van der Waals surface area (Å²) in [5.41, 5.74) is 0.839. The summed E-state index contributed by atoms with van der Waals surface area (Å²) in [6.07, 6.45) is 5.87. The zero-order valence-electron chi connectivity index (χ0n) is 12.7. The molecule has 3 heteroatoms. The Morgan fingerprint density at radius 3 is 2.48 bits per heavy atom. The first-order chi connectivity index (χ1) is 10.3. The Bertz CT molecular complexity index is 496. The van der Waals surface area contributed by atoms with Crippen LogP contribution in [0.1, 0.15) is 31.2 Å². The van der Waals surface area contributed by atoms with E-state index in [2.05, 4.69) is 9.80 Å². The van der Waals surface area contributed by atoms with Gasteiger partial charge in [0.15, 0.2) is 0 Å². The van der Waals surface area contributed by atoms with Crippen molar-refractivity contribution in [2.45, 2.75) is 38.3 Å². The van der Waals surface area contributed by atoms with Crippen LogP contribution in [-0.4, -0.2) is 42.0 Å². The van der Waals surface area contributed by atoms with E-state index in [1.165, 1.54) is 38.8 Å². The summed E-state index contributed by atoms with van der Waals surface area (Å²) in [5, 5.41) is 0. The topological polar surface area (TPSA) is 6.48 Å². The molecule has 1 saturated heterocycles. The molecule has 3 fully saturated rings. The van der Waals surface area contributed by atoms with Crippen LogP contribution in [0.3, 0.4) is 0 Å². The zero-order chi connectivity index (χ0) is 14.2. The van der Waals surface area contributed by atoms with Gasteiger partial charge in [-0.15, -0.1) is 0 Å². The van der Waals surface area contributed by atoms with E-state index in [1.54, 1.807) is 12.1 Å². The number of hydrogen-bond acceptors (Lipinski definition) is 2. The van der Waals surface area contributed by atoms with Gasteiger partial charge in [-0.05, 0) is 37.2 Å². The largest absolute Gasteiger partial charge is 0.298 e. The fourth-order valence-corrected chi connectivity index (χ4v) is 4.78. The Labute approximate surface area is 126 Å². The van der Waals surface area contributed by atoms with Gasteiger partial charge in [-0.2, -0.15) is 0 Å². The predicted octanol–water partition coefficient (Wildman–Crippen LogP) is 3.13. The van der Waals surface area contributed by atoms with Gasteiger partial charge in [-0.25, -0.2) is 4.39 Å². The third-order valence-corrected chi connectivity index (χ3v) is 5.93. The fourth-order valence-electron chi connectivity index (χ4n) is 4.78. The fraction of sp³-hybridized carbons (Fsp3) is 0.667. The Hall–Kier alpha value is -0.930. The van der Waals surface area contributed by atoms with Crippen LogP contribution in [0.4, 0.5) is 4.39 Å². The van der Waals surface area contributed by atoms with Crippen LogP contribution in [0.5, 0.6) is 0 Å². The van der Waals surface area contributed by atoms with Gasteiger partial charge < -0.3 is 0 Å². The second-order valence-electron chi connectivity index (χ2n) is 7.15. The molecule has 0 aromatic heterocycles. The molecule has 1 heterocycles. The van der Waals surface area contributed by atoms with Crippen molar-refractivity contribution in [3.63, 3.8) is 0 Å². The first kappa shape index (κ1) is 13.7. The van der Waals surface area contributed by atoms with Crippen LogP contribution in [0.25, 0.3) is 0 Å². The lowest BCUT2D eigenvalue weighted by Crippen LogP contribution is -2.51. The molecule has 3 atom stereocenters. The second-order valence-corrected chi connectivity index (χ2v) is 7.15. The van der Waals surface area contributed by atoms with Gasteiger partial charge in [0.2, 0.25) is 0 Å². The first-order valence-corrected chi connectivity index (χ1v) is 8.49. The van der Waals surface area contributed by atoms with Crippen LogP contribution in [0.2, 0.25) is 0 Å². The highest BCUT2D eigenvalue weighted by molar-refractivity contribution is 5.17. The summed E-state index contributed by atoms with van der Waals surface area (Å²) in [6.45, 7) is 5.27. The van der Waals surface area contributed by atoms with Crippen molar-refractivity contribution in [3.8, 4) is 0 Å². The van der Waals surface area contributed by atoms with Crippen molar-refractivity contribution in [2.75, 3.05) is 26.2 Å². The molecule has 21 heavy (non-hydrogen) atoms. The number of fused-ring (bicyclic) bond motifs is 2. The first-order valence-electron chi connectivity index (χ1n) is 8.49. The zero-order valence-corrected chi connectivity index (χ0v) is 12.7. The molecular weight excluding hydrogens is 263 g/mol. The molecule has 1 aliphatic heterocycles. The van der Waals surface area contributed by atoms with Gasteiger partial charge in [-0.1, -0.05) is 24.6 Å². The summed E-state index contributed by atoms with van der Waals surface area (Å²) < 4.78 is 13.7. The van der Waals surface area contributed by atoms with Crippen molar-refractivity contribution in [1.29, 1.82) is 0 Å². The van der Waals surface area contributed by atoms with Gasteiger partial charge >= 0.3 is 0 Å². The van der Waals surface area contributed by atoms with Crippen molar-refractivity contribution in [3.05, 3.63) is 35.6 Å². The minimum absolute atomic E-state index is 0.0620. The van der Waals surface area contributed by atoms with E-state index < -0.39 is 0 Å². The Kier molecular flexibility index (Phi) is 3.72. The number of benzene rings is 1. The van der Waals surface area contributed by atoms with Gasteiger partial charge in [0.1, 0.15) is 5.82 Å². The third-order valence-electron chi connectivity index (χ3n) is 5.93. The number of rotatable bonds is 3. The van der Waals surface area contributed by atoms with Gasteiger partial charge in [0.05, 0.1) is 0 Å². The molecule has 2 aliphatic carbocycles. The number of nitrogens with zero attached hydrogens (tertiary/aromatic N) is 2. The maximum absolute atomic E-state index is 13.7. The molecule has 2 bridgehead atoms. The average molecular weight is 288 g/mol. The van der Waals surface area contributed by atoms with E-state index in [4.69, 9.17) is 0 Å². The van der Waals surface area contributed by atoms with E-state index in [9.17, 15) is 4.39 Å². The summed E-state index contributed by atoms with van der Waals surface area (Å²) >= 11 is 0. The molecule has 2 nitrogen and oxygen atoms in total. The SMILES string of the molecule is Fc1ccccc1CN1CCN([C@@H]2C[C@H]3CC[C@@H]2C3)CC1. The maximum Gasteiger partial charge on any atom is 0.127 e. The Balaban J connectivity index is 1.32. The summed E-state index contributed by atoms with van der Waals surface area (Å²) in [6, 6.07) is 8.05. The molecule has 1 aromatic rings. The highest BCUT2D eigenvalue weighted by Crippen LogP contribution is 2.46. The van der Waals surface area contributed by atoms with E-state index in [0.29, 0.717) is 0 Å². The van der Waals surface area contributed by atoms with Crippen molar-refractivity contribution in [1.82, 2.24) is 9.80 Å². The highest BCUT2D eigenvalue weighted by atomic mass is 19.1. The lowest BCUT2D eigenvalue weighted by molar-refractivity contribution is 0.0675. The molecule has 4 rings (SSSR count). The monoisotopic (exact) mass is 288 g/mol. The molecule has 1 aromatic carbocycles. The molecule has 2 saturated carbocycles. The molecule has 3 aliphatic rings. The lowest BCUT2D eigenvalue weighted by atomic mass is 9.93. The summed E-state index contributed by atoms with van der Waals surface area (Å²) in [4.78, 5) is 5.13. The standard InChI is InChI=1S/C18H25FN2/c19-17-4-2-1-3-16(17)13-20-7-9-21(10-8-20)18-12-14-5-6-15(18)11-14/h1-4,14-15,18H,5-13H2/t14-,15+,18+/m0/s1. The van der Waals surface area contributed by atoms with Gasteiger partial charge in [0, 0.05) is 44.3 Å². The van der Waals surface area contributed by atoms with E-state index >= 15 is 0 Å². The molecular formula is C18H25FN2. The van der Waals surface area contributed by atoms with E-state index in [0.717, 1.165) is 43.1 Å². The van der Waals surface area contributed by atoms with Crippen LogP contribution in [0.15, 0.2) is 24.3 Å². The van der Waals surface area contributed by atoms with Crippen LogP contribution >= 0.6 is 0 Å². The number of halogens is 1. The molecule has 0 radical (unpaired) electrons. The van der Waals surface area contributed by atoms with Crippen molar-refractivity contribution < 1.29 is 4.39 Å². The van der Waals surface area contributed by atoms with E-state index in [1.807, 2.05) is 12.1 Å². The van der Waals surface area contributed by atoms with Crippen LogP contribution in [0, 0.1) is 17.7 Å². The maximum atomic E-state index is 13.7. The van der Waals surface area contributed by atoms with Crippen LogP contribution < -0.4 is 0 Å². The Morgan fingerprint density at radius 2 is 1.81 bits per heavy atom. The average Bonchev–Trinajstić information content (AvgIpc) is 3.13. The summed E-state index contributed by atoms with van der Waals surface area (Å²) in [5.74, 6) is 1.94. The normalized spacial score (nSPS) is 33.7. The van der Waals surface area contributed by atoms with Crippen LogP contribution in [-0.2, 0) is 6.54 Å². The minimum atomic E-state index is -0.0620. The predicted molar refractivity (Wildman–Crippen MR) is 82.5 cm³/mol. The van der Waals surface area contributed by atoms with E-state index in [-0.39, 0.29) is 5.82 Å². The minimum Gasteiger partial charge on any atom is -0.298 e. The number of hydrogen-bond donors (Lipinski definition) is 0. The smallest absolute Gasteiger partial charge is 0.127 e. The Morgan fingerprint density at radius 1 is 1.00 bits per heavy atom. The summed E-state index contributed by atoms with van der Waals surface area (Å²) in [7, 11) is 0. The lowest BCUT2D eigenvalue weighted by Gasteiger charge is -2.41. The van der Waals surface area contributed by atoms with Crippen molar-refractivity contribution >= 4 is 0 Å². The van der Waals surface area contributed by atoms with Crippen molar-refractivity contribution in [2.24, 2.45) is 11.8 Å². The number of piperazine rings is 1. The van der Waals surface area contributed by atoms with Gasteiger partial charge in [0.25, 0.3) is 0 Å². The molecule has 0 amide bonds. The second kappa shape index (κ2) is 5.69. The van der Waals surface area contributed by atoms with Gasteiger partial charge in [-0.3, -0.25) is 9.80 Å². The highest BCUT2D eigenvalue weighted by Gasteiger charge is 2.42.